The molecule has 0 amide bonds. The lowest BCUT2D eigenvalue weighted by atomic mass is 9.94. The summed E-state index contributed by atoms with van der Waals surface area (Å²) in [4.78, 5) is 24.9. The van der Waals surface area contributed by atoms with E-state index in [2.05, 4.69) is 11.0 Å². The van der Waals surface area contributed by atoms with E-state index in [4.69, 9.17) is 24.1 Å². The maximum absolute atomic E-state index is 11.8. The van der Waals surface area contributed by atoms with Crippen molar-refractivity contribution in [3.63, 3.8) is 0 Å². The van der Waals surface area contributed by atoms with Crippen LogP contribution in [0.5, 0.6) is 0 Å². The van der Waals surface area contributed by atoms with Gasteiger partial charge in [0.05, 0.1) is 19.3 Å². The molecule has 0 aromatic heterocycles. The van der Waals surface area contributed by atoms with Crippen LogP contribution in [0.2, 0.25) is 0 Å². The number of morpholine rings is 1. The summed E-state index contributed by atoms with van der Waals surface area (Å²) in [6.45, 7) is 5.25. The van der Waals surface area contributed by atoms with Gasteiger partial charge < -0.3 is 24.1 Å². The number of aliphatic carboxylic acids is 1. The molecular formula is C23H37NO7. The van der Waals surface area contributed by atoms with E-state index in [1.807, 2.05) is 6.08 Å². The van der Waals surface area contributed by atoms with Crippen LogP contribution in [0.25, 0.3) is 0 Å². The maximum atomic E-state index is 11.8. The first-order valence-corrected chi connectivity index (χ1v) is 11.7. The Morgan fingerprint density at radius 1 is 1.13 bits per heavy atom. The Morgan fingerprint density at radius 2 is 1.94 bits per heavy atom. The first-order valence-electron chi connectivity index (χ1n) is 11.7. The number of carbonyl (C=O) groups excluding carboxylic acids is 1. The lowest BCUT2D eigenvalue weighted by Gasteiger charge is -2.39. The zero-order valence-corrected chi connectivity index (χ0v) is 18.6. The predicted octanol–water partition coefficient (Wildman–Crippen LogP) is 2.75. The van der Waals surface area contributed by atoms with E-state index in [9.17, 15) is 9.59 Å². The van der Waals surface area contributed by atoms with Crippen LogP contribution in [-0.2, 0) is 28.5 Å². The topological polar surface area (TPSA) is 94.5 Å². The number of unbranched alkanes of at least 4 members (excludes halogenated alkanes) is 1. The fraction of sp³-hybridized carbons (Fsp3) is 0.826. The van der Waals surface area contributed by atoms with Crippen LogP contribution in [-0.4, -0.2) is 79.4 Å². The average molecular weight is 440 g/mol. The second-order valence-corrected chi connectivity index (χ2v) is 8.65. The summed E-state index contributed by atoms with van der Waals surface area (Å²) >= 11 is 0. The molecule has 3 fully saturated rings. The van der Waals surface area contributed by atoms with Gasteiger partial charge in [-0.05, 0) is 38.5 Å². The van der Waals surface area contributed by atoms with Crippen LogP contribution in [0.15, 0.2) is 12.2 Å². The Balaban J connectivity index is 1.69. The van der Waals surface area contributed by atoms with E-state index < -0.39 is 5.97 Å². The van der Waals surface area contributed by atoms with Gasteiger partial charge >= 0.3 is 11.9 Å². The molecule has 0 radical (unpaired) electrons. The normalized spacial score (nSPS) is 32.4. The minimum atomic E-state index is -0.767. The Hall–Kier alpha value is -1.48. The second-order valence-electron chi connectivity index (χ2n) is 8.65. The zero-order chi connectivity index (χ0) is 22.1. The molecule has 1 saturated carbocycles. The van der Waals surface area contributed by atoms with E-state index in [-0.39, 0.29) is 42.8 Å². The molecule has 176 valence electrons. The van der Waals surface area contributed by atoms with Crippen molar-refractivity contribution in [3.05, 3.63) is 12.2 Å². The van der Waals surface area contributed by atoms with Crippen molar-refractivity contribution in [2.75, 3.05) is 32.9 Å². The third-order valence-corrected chi connectivity index (χ3v) is 6.35. The molecule has 8 nitrogen and oxygen atoms in total. The number of hydrogen-bond donors (Lipinski definition) is 1. The van der Waals surface area contributed by atoms with Gasteiger partial charge in [0, 0.05) is 51.4 Å². The van der Waals surface area contributed by atoms with E-state index in [1.165, 1.54) is 6.92 Å². The van der Waals surface area contributed by atoms with Gasteiger partial charge in [0.2, 0.25) is 0 Å². The summed E-state index contributed by atoms with van der Waals surface area (Å²) in [5, 5.41) is 8.79. The highest BCUT2D eigenvalue weighted by Gasteiger charge is 2.48. The molecular weight excluding hydrogens is 402 g/mol. The van der Waals surface area contributed by atoms with Crippen molar-refractivity contribution in [1.82, 2.24) is 4.90 Å². The van der Waals surface area contributed by atoms with E-state index in [0.29, 0.717) is 26.1 Å². The molecule has 2 aliphatic heterocycles. The predicted molar refractivity (Wildman–Crippen MR) is 114 cm³/mol. The van der Waals surface area contributed by atoms with Gasteiger partial charge in [-0.1, -0.05) is 12.2 Å². The monoisotopic (exact) mass is 439 g/mol. The van der Waals surface area contributed by atoms with Crippen molar-refractivity contribution < 1.29 is 33.6 Å². The number of nitrogens with zero attached hydrogens (tertiary/aromatic N) is 1. The molecule has 31 heavy (non-hydrogen) atoms. The largest absolute Gasteiger partial charge is 0.481 e. The summed E-state index contributed by atoms with van der Waals surface area (Å²) in [5.41, 5.74) is 0. The fourth-order valence-corrected chi connectivity index (χ4v) is 4.95. The van der Waals surface area contributed by atoms with Crippen molar-refractivity contribution >= 4 is 11.9 Å². The van der Waals surface area contributed by atoms with Gasteiger partial charge in [-0.25, -0.2) is 0 Å². The maximum Gasteiger partial charge on any atom is 0.303 e. The molecule has 0 aromatic carbocycles. The van der Waals surface area contributed by atoms with E-state index in [0.717, 1.165) is 51.8 Å². The number of ether oxygens (including phenoxy) is 4. The molecule has 0 aromatic rings. The van der Waals surface area contributed by atoms with Crippen molar-refractivity contribution in [2.45, 2.75) is 82.8 Å². The average Bonchev–Trinajstić information content (AvgIpc) is 3.07. The van der Waals surface area contributed by atoms with Gasteiger partial charge in [0.15, 0.2) is 6.29 Å². The van der Waals surface area contributed by atoms with E-state index >= 15 is 0 Å². The Labute approximate surface area is 184 Å². The molecule has 1 unspecified atom stereocenters. The molecule has 2 saturated heterocycles. The Kier molecular flexibility index (Phi) is 9.77. The third-order valence-electron chi connectivity index (χ3n) is 6.35. The van der Waals surface area contributed by atoms with Crippen molar-refractivity contribution in [1.29, 1.82) is 0 Å². The second kappa shape index (κ2) is 12.5. The quantitative estimate of drug-likeness (QED) is 0.315. The molecule has 8 heteroatoms. The van der Waals surface area contributed by atoms with Crippen LogP contribution in [0.1, 0.15) is 58.3 Å². The number of rotatable bonds is 10. The van der Waals surface area contributed by atoms with Crippen molar-refractivity contribution in [2.24, 2.45) is 5.92 Å². The Bertz CT molecular complexity index is 599. The van der Waals surface area contributed by atoms with Gasteiger partial charge in [0.1, 0.15) is 6.10 Å². The van der Waals surface area contributed by atoms with Gasteiger partial charge in [0.25, 0.3) is 0 Å². The fourth-order valence-electron chi connectivity index (χ4n) is 4.95. The summed E-state index contributed by atoms with van der Waals surface area (Å²) < 4.78 is 23.6. The molecule has 0 bridgehead atoms. The number of hydrogen-bond acceptors (Lipinski definition) is 7. The highest BCUT2D eigenvalue weighted by atomic mass is 16.7. The molecule has 3 rings (SSSR count). The molecule has 0 spiro atoms. The van der Waals surface area contributed by atoms with Crippen molar-refractivity contribution in [3.8, 4) is 0 Å². The molecule has 1 aliphatic carbocycles. The third kappa shape index (κ3) is 7.56. The smallest absolute Gasteiger partial charge is 0.303 e. The number of carboxylic acid groups (broad SMARTS) is 1. The van der Waals surface area contributed by atoms with Crippen LogP contribution in [0, 0.1) is 5.92 Å². The van der Waals surface area contributed by atoms with Crippen LogP contribution >= 0.6 is 0 Å². The van der Waals surface area contributed by atoms with Crippen LogP contribution < -0.4 is 0 Å². The first kappa shape index (κ1) is 24.2. The first-order chi connectivity index (χ1) is 15.0. The lowest BCUT2D eigenvalue weighted by Crippen LogP contribution is -2.51. The highest BCUT2D eigenvalue weighted by Crippen LogP contribution is 2.39. The summed E-state index contributed by atoms with van der Waals surface area (Å²) in [6, 6.07) is 0.127. The number of carboxylic acids is 1. The number of esters is 1. The Morgan fingerprint density at radius 3 is 2.61 bits per heavy atom. The zero-order valence-electron chi connectivity index (χ0n) is 18.6. The summed E-state index contributed by atoms with van der Waals surface area (Å²) in [7, 11) is 0. The minimum absolute atomic E-state index is 0.0593. The van der Waals surface area contributed by atoms with Gasteiger partial charge in [-0.15, -0.1) is 0 Å². The summed E-state index contributed by atoms with van der Waals surface area (Å²) in [5.74, 6) is -0.918. The molecule has 2 heterocycles. The SMILES string of the molecule is CC(=O)O[C@@H]1C[C@H](OC2CCCCO2)[C@@H](N2CCOCC2)[C@@H]1CC=CCCCC(=O)O. The van der Waals surface area contributed by atoms with Gasteiger partial charge in [-0.3, -0.25) is 14.5 Å². The molecule has 5 atom stereocenters. The standard InChI is InChI=1S/C23H37NO7/c1-17(25)30-19-16-20(31-22-10-6-7-13-29-22)23(24-11-14-28-15-12-24)18(19)8-4-2-3-5-9-21(26)27/h2,4,18-20,22-23H,3,5-16H2,1H3,(H,26,27)/t18-,19-,20+,22?,23+/m1/s1. The highest BCUT2D eigenvalue weighted by molar-refractivity contribution is 5.66. The molecule has 1 N–H and O–H groups in total. The van der Waals surface area contributed by atoms with Gasteiger partial charge in [-0.2, -0.15) is 0 Å². The van der Waals surface area contributed by atoms with Crippen LogP contribution in [0.3, 0.4) is 0 Å². The number of carbonyl (C=O) groups is 2. The minimum Gasteiger partial charge on any atom is -0.481 e. The number of allylic oxidation sites excluding steroid dienone is 2. The van der Waals surface area contributed by atoms with E-state index in [1.54, 1.807) is 0 Å². The molecule has 3 aliphatic rings. The summed E-state index contributed by atoms with van der Waals surface area (Å²) in [6.07, 6.45) is 9.74. The van der Waals surface area contributed by atoms with Crippen LogP contribution in [0.4, 0.5) is 0 Å². The lowest BCUT2D eigenvalue weighted by molar-refractivity contribution is -0.200.